The summed E-state index contributed by atoms with van der Waals surface area (Å²) < 4.78 is 11.2. The molecule has 0 aliphatic rings. The van der Waals surface area contributed by atoms with Crippen molar-refractivity contribution in [2.24, 2.45) is 9.98 Å². The molecule has 4 nitrogen and oxygen atoms in total. The first-order valence-corrected chi connectivity index (χ1v) is 9.42. The molecule has 0 aliphatic heterocycles. The standard InChI is InChI=1S/C24H24N2O2/c1-3-27-23-11-7-5-9-19(23)17-25-21-13-15-22(16-14-21)26-18-20-10-6-8-12-24(20)28-4-2/h5-18H,3-4H2,1-2H3. The van der Waals surface area contributed by atoms with E-state index in [2.05, 4.69) is 9.98 Å². The zero-order valence-electron chi connectivity index (χ0n) is 16.2. The van der Waals surface area contributed by atoms with Crippen LogP contribution in [0.4, 0.5) is 11.4 Å². The van der Waals surface area contributed by atoms with E-state index in [1.807, 2.05) is 99.1 Å². The maximum absolute atomic E-state index is 5.62. The van der Waals surface area contributed by atoms with E-state index in [-0.39, 0.29) is 0 Å². The number of hydrogen-bond donors (Lipinski definition) is 0. The first-order chi connectivity index (χ1) is 13.8. The Morgan fingerprint density at radius 2 is 1.00 bits per heavy atom. The van der Waals surface area contributed by atoms with Gasteiger partial charge in [0.05, 0.1) is 24.6 Å². The highest BCUT2D eigenvalue weighted by Crippen LogP contribution is 2.22. The second kappa shape index (κ2) is 10.1. The van der Waals surface area contributed by atoms with Crippen molar-refractivity contribution in [2.45, 2.75) is 13.8 Å². The Kier molecular flexibility index (Phi) is 6.96. The molecule has 0 unspecified atom stereocenters. The fourth-order valence-electron chi connectivity index (χ4n) is 2.66. The third kappa shape index (κ3) is 5.30. The van der Waals surface area contributed by atoms with E-state index < -0.39 is 0 Å². The van der Waals surface area contributed by atoms with Gasteiger partial charge in [0.15, 0.2) is 0 Å². The van der Waals surface area contributed by atoms with Crippen LogP contribution in [0.5, 0.6) is 11.5 Å². The quantitative estimate of drug-likeness (QED) is 0.456. The SMILES string of the molecule is CCOc1ccccc1C=Nc1ccc(N=Cc2ccccc2OCC)cc1. The van der Waals surface area contributed by atoms with E-state index in [0.717, 1.165) is 34.0 Å². The van der Waals surface area contributed by atoms with Crippen LogP contribution in [0.2, 0.25) is 0 Å². The molecule has 0 heterocycles. The van der Waals surface area contributed by atoms with Gasteiger partial charge >= 0.3 is 0 Å². The molecular weight excluding hydrogens is 348 g/mol. The molecule has 3 aromatic rings. The maximum Gasteiger partial charge on any atom is 0.128 e. The van der Waals surface area contributed by atoms with Crippen molar-refractivity contribution in [1.82, 2.24) is 0 Å². The Labute approximate surface area is 166 Å². The van der Waals surface area contributed by atoms with Crippen molar-refractivity contribution in [1.29, 1.82) is 0 Å². The van der Waals surface area contributed by atoms with Gasteiger partial charge in [-0.05, 0) is 62.4 Å². The summed E-state index contributed by atoms with van der Waals surface area (Å²) in [5.41, 5.74) is 3.64. The summed E-state index contributed by atoms with van der Waals surface area (Å²) in [6.07, 6.45) is 3.64. The average Bonchev–Trinajstić information content (AvgIpc) is 2.74. The van der Waals surface area contributed by atoms with Crippen molar-refractivity contribution in [3.8, 4) is 11.5 Å². The van der Waals surface area contributed by atoms with Gasteiger partial charge in [0.25, 0.3) is 0 Å². The zero-order chi connectivity index (χ0) is 19.6. The fraction of sp³-hybridized carbons (Fsp3) is 0.167. The fourth-order valence-corrected chi connectivity index (χ4v) is 2.66. The van der Waals surface area contributed by atoms with Crippen molar-refractivity contribution >= 4 is 23.8 Å². The summed E-state index contributed by atoms with van der Waals surface area (Å²) in [7, 11) is 0. The van der Waals surface area contributed by atoms with Crippen LogP contribution in [0.3, 0.4) is 0 Å². The van der Waals surface area contributed by atoms with Crippen LogP contribution in [0.25, 0.3) is 0 Å². The molecule has 0 radical (unpaired) electrons. The van der Waals surface area contributed by atoms with Crippen LogP contribution in [0, 0.1) is 0 Å². The predicted molar refractivity (Wildman–Crippen MR) is 116 cm³/mol. The third-order valence-electron chi connectivity index (χ3n) is 3.99. The Hall–Kier alpha value is -3.40. The number of aliphatic imine (C=N–C) groups is 2. The summed E-state index contributed by atoms with van der Waals surface area (Å²) in [5, 5.41) is 0. The van der Waals surface area contributed by atoms with Crippen molar-refractivity contribution in [2.75, 3.05) is 13.2 Å². The molecule has 3 aromatic carbocycles. The summed E-state index contributed by atoms with van der Waals surface area (Å²) >= 11 is 0. The van der Waals surface area contributed by atoms with Gasteiger partial charge in [-0.15, -0.1) is 0 Å². The summed E-state index contributed by atoms with van der Waals surface area (Å²) in [6.45, 7) is 5.20. The van der Waals surface area contributed by atoms with E-state index in [1.165, 1.54) is 0 Å². The molecule has 0 saturated heterocycles. The van der Waals surface area contributed by atoms with E-state index in [1.54, 1.807) is 0 Å². The summed E-state index contributed by atoms with van der Waals surface area (Å²) in [5.74, 6) is 1.67. The van der Waals surface area contributed by atoms with Crippen LogP contribution in [-0.4, -0.2) is 25.6 Å². The van der Waals surface area contributed by atoms with Gasteiger partial charge in [-0.3, -0.25) is 9.98 Å². The molecule has 4 heteroatoms. The lowest BCUT2D eigenvalue weighted by atomic mass is 10.2. The highest BCUT2D eigenvalue weighted by molar-refractivity contribution is 5.86. The maximum atomic E-state index is 5.62. The molecule has 0 spiro atoms. The highest BCUT2D eigenvalue weighted by Gasteiger charge is 2.00. The first-order valence-electron chi connectivity index (χ1n) is 9.42. The van der Waals surface area contributed by atoms with E-state index in [0.29, 0.717) is 13.2 Å². The molecule has 0 aliphatic carbocycles. The topological polar surface area (TPSA) is 43.2 Å². The number of hydrogen-bond acceptors (Lipinski definition) is 4. The highest BCUT2D eigenvalue weighted by atomic mass is 16.5. The predicted octanol–water partition coefficient (Wildman–Crippen LogP) is 5.99. The molecule has 0 bridgehead atoms. The van der Waals surface area contributed by atoms with Crippen LogP contribution in [-0.2, 0) is 0 Å². The smallest absolute Gasteiger partial charge is 0.128 e. The monoisotopic (exact) mass is 372 g/mol. The number of benzene rings is 3. The second-order valence-corrected chi connectivity index (χ2v) is 5.97. The minimum atomic E-state index is 0.629. The Balaban J connectivity index is 1.71. The van der Waals surface area contributed by atoms with Gasteiger partial charge in [-0.2, -0.15) is 0 Å². The van der Waals surface area contributed by atoms with Gasteiger partial charge in [0, 0.05) is 23.6 Å². The minimum absolute atomic E-state index is 0.629. The normalized spacial score (nSPS) is 11.2. The lowest BCUT2D eigenvalue weighted by molar-refractivity contribution is 0.339. The molecule has 0 atom stereocenters. The van der Waals surface area contributed by atoms with Crippen molar-refractivity contribution in [3.05, 3.63) is 83.9 Å². The van der Waals surface area contributed by atoms with Gasteiger partial charge in [-0.25, -0.2) is 0 Å². The van der Waals surface area contributed by atoms with Crippen LogP contribution >= 0.6 is 0 Å². The van der Waals surface area contributed by atoms with Crippen LogP contribution in [0.15, 0.2) is 82.8 Å². The molecular formula is C24H24N2O2. The Bertz CT molecular complexity index is 868. The molecule has 142 valence electrons. The largest absolute Gasteiger partial charge is 0.493 e. The zero-order valence-corrected chi connectivity index (χ0v) is 16.2. The average molecular weight is 372 g/mol. The molecule has 0 amide bonds. The number of para-hydroxylation sites is 2. The van der Waals surface area contributed by atoms with Crippen molar-refractivity contribution < 1.29 is 9.47 Å². The van der Waals surface area contributed by atoms with Gasteiger partial charge in [-0.1, -0.05) is 24.3 Å². The van der Waals surface area contributed by atoms with E-state index >= 15 is 0 Å². The van der Waals surface area contributed by atoms with Crippen LogP contribution < -0.4 is 9.47 Å². The number of nitrogens with zero attached hydrogens (tertiary/aromatic N) is 2. The Morgan fingerprint density at radius 1 is 0.607 bits per heavy atom. The molecule has 0 saturated carbocycles. The third-order valence-corrected chi connectivity index (χ3v) is 3.99. The number of ether oxygens (including phenoxy) is 2. The lowest BCUT2D eigenvalue weighted by Gasteiger charge is -2.06. The van der Waals surface area contributed by atoms with Crippen LogP contribution in [0.1, 0.15) is 25.0 Å². The van der Waals surface area contributed by atoms with Crippen molar-refractivity contribution in [3.63, 3.8) is 0 Å². The molecule has 0 N–H and O–H groups in total. The van der Waals surface area contributed by atoms with Gasteiger partial charge in [0.2, 0.25) is 0 Å². The molecule has 3 rings (SSSR count). The van der Waals surface area contributed by atoms with Gasteiger partial charge in [0.1, 0.15) is 11.5 Å². The molecule has 0 aromatic heterocycles. The molecule has 0 fully saturated rings. The Morgan fingerprint density at radius 3 is 1.39 bits per heavy atom. The summed E-state index contributed by atoms with van der Waals surface area (Å²) in [4.78, 5) is 9.08. The van der Waals surface area contributed by atoms with Gasteiger partial charge < -0.3 is 9.47 Å². The number of rotatable bonds is 8. The minimum Gasteiger partial charge on any atom is -0.493 e. The second-order valence-electron chi connectivity index (χ2n) is 5.97. The summed E-state index contributed by atoms with van der Waals surface area (Å²) in [6, 6.07) is 23.5. The molecule has 28 heavy (non-hydrogen) atoms. The lowest BCUT2D eigenvalue weighted by Crippen LogP contribution is -1.95. The van der Waals surface area contributed by atoms with E-state index in [9.17, 15) is 0 Å². The van der Waals surface area contributed by atoms with E-state index in [4.69, 9.17) is 9.47 Å². The first kappa shape index (κ1) is 19.4.